The fourth-order valence-electron chi connectivity index (χ4n) is 7.09. The van der Waals surface area contributed by atoms with Gasteiger partial charge in [-0.25, -0.2) is 4.98 Å². The Balaban J connectivity index is 1.32. The molecule has 2 heterocycles. The summed E-state index contributed by atoms with van der Waals surface area (Å²) in [6, 6.07) is 12.9. The average Bonchev–Trinajstić information content (AvgIpc) is 3.76. The zero-order valence-corrected chi connectivity index (χ0v) is 29.1. The number of carbonyl (C=O) groups excluding carboxylic acids is 4. The monoisotopic (exact) mass is 674 g/mol. The Labute approximate surface area is 287 Å². The van der Waals surface area contributed by atoms with E-state index in [1.54, 1.807) is 18.3 Å². The minimum absolute atomic E-state index is 0.00201. The molecule has 0 spiro atoms. The number of hydrogen-bond donors (Lipinski definition) is 3. The van der Waals surface area contributed by atoms with Crippen molar-refractivity contribution < 1.29 is 23.9 Å². The third-order valence-electron chi connectivity index (χ3n) is 9.86. The number of unbranched alkanes of at least 4 members (excludes halogenated alkanes) is 1. The zero-order valence-electron chi connectivity index (χ0n) is 28.3. The Morgan fingerprint density at radius 2 is 1.79 bits per heavy atom. The molecule has 2 aromatic carbocycles. The van der Waals surface area contributed by atoms with Gasteiger partial charge in [-0.3, -0.25) is 19.2 Å². The van der Waals surface area contributed by atoms with Crippen LogP contribution < -0.4 is 21.1 Å². The third-order valence-corrected chi connectivity index (χ3v) is 10.9. The van der Waals surface area contributed by atoms with Crippen molar-refractivity contribution in [1.29, 1.82) is 0 Å². The number of Topliss-reactive ketones (excluding diaryl/α,β-unsaturated/α-hetero) is 2. The van der Waals surface area contributed by atoms with Crippen LogP contribution in [-0.4, -0.2) is 47.6 Å². The Morgan fingerprint density at radius 3 is 2.56 bits per heavy atom. The van der Waals surface area contributed by atoms with E-state index in [9.17, 15) is 19.2 Å². The smallest absolute Gasteiger partial charge is 0.224 e. The van der Waals surface area contributed by atoms with Gasteiger partial charge in [0.2, 0.25) is 11.8 Å². The lowest BCUT2D eigenvalue weighted by Crippen LogP contribution is -2.49. The summed E-state index contributed by atoms with van der Waals surface area (Å²) in [5.74, 6) is -0.961. The van der Waals surface area contributed by atoms with Crippen molar-refractivity contribution in [2.75, 3.05) is 13.2 Å². The van der Waals surface area contributed by atoms with Crippen LogP contribution in [-0.2, 0) is 25.6 Å². The van der Waals surface area contributed by atoms with Crippen molar-refractivity contribution in [2.24, 2.45) is 23.5 Å². The SMILES string of the molecule is CCC(=O)C[C@@H](Cc1nc2ccc(C)cc2s1)C(=O)N[C@H](C(=O)C[C@@H](CCCCN)C(=O)N[C@@H]1CCOc2ccccc21)C1CCCC1. The Kier molecular flexibility index (Phi) is 12.7. The maximum Gasteiger partial charge on any atom is 0.224 e. The lowest BCUT2D eigenvalue weighted by Gasteiger charge is -2.30. The van der Waals surface area contributed by atoms with Gasteiger partial charge >= 0.3 is 0 Å². The molecule has 48 heavy (non-hydrogen) atoms. The van der Waals surface area contributed by atoms with E-state index in [1.165, 1.54) is 0 Å². The molecule has 1 fully saturated rings. The predicted octanol–water partition coefficient (Wildman–Crippen LogP) is 6.15. The fraction of sp³-hybridized carbons (Fsp3) is 0.553. The van der Waals surface area contributed by atoms with Crippen LogP contribution in [0.2, 0.25) is 0 Å². The van der Waals surface area contributed by atoms with Gasteiger partial charge in [-0.05, 0) is 68.8 Å². The maximum atomic E-state index is 14.2. The Bertz CT molecular complexity index is 1580. The molecule has 10 heteroatoms. The van der Waals surface area contributed by atoms with Crippen LogP contribution in [0.25, 0.3) is 10.2 Å². The normalized spacial score (nSPS) is 18.0. The molecule has 0 unspecified atom stereocenters. The molecular weight excluding hydrogens is 625 g/mol. The summed E-state index contributed by atoms with van der Waals surface area (Å²) in [5, 5.41) is 7.14. The number of amides is 2. The van der Waals surface area contributed by atoms with Gasteiger partial charge in [-0.15, -0.1) is 11.3 Å². The number of para-hydroxylation sites is 1. The van der Waals surface area contributed by atoms with Crippen LogP contribution >= 0.6 is 11.3 Å². The second-order valence-electron chi connectivity index (χ2n) is 13.5. The highest BCUT2D eigenvalue weighted by atomic mass is 32.1. The van der Waals surface area contributed by atoms with Gasteiger partial charge in [0.25, 0.3) is 0 Å². The number of nitrogens with two attached hydrogens (primary N) is 1. The molecule has 1 aliphatic carbocycles. The molecule has 4 atom stereocenters. The van der Waals surface area contributed by atoms with Gasteiger partial charge in [0.1, 0.15) is 11.5 Å². The first-order chi connectivity index (χ1) is 23.2. The number of nitrogens with one attached hydrogen (secondary N) is 2. The molecule has 0 bridgehead atoms. The van der Waals surface area contributed by atoms with Crippen LogP contribution in [0.15, 0.2) is 42.5 Å². The molecule has 9 nitrogen and oxygen atoms in total. The Morgan fingerprint density at radius 1 is 1.00 bits per heavy atom. The topological polar surface area (TPSA) is 140 Å². The van der Waals surface area contributed by atoms with E-state index >= 15 is 0 Å². The summed E-state index contributed by atoms with van der Waals surface area (Å²) < 4.78 is 6.84. The average molecular weight is 675 g/mol. The molecule has 2 aliphatic rings. The van der Waals surface area contributed by atoms with E-state index in [0.29, 0.717) is 38.8 Å². The van der Waals surface area contributed by atoms with Crippen LogP contribution in [0.1, 0.15) is 99.7 Å². The number of thiazole rings is 1. The summed E-state index contributed by atoms with van der Waals surface area (Å²) in [7, 11) is 0. The quantitative estimate of drug-likeness (QED) is 0.146. The lowest BCUT2D eigenvalue weighted by molar-refractivity contribution is -0.135. The van der Waals surface area contributed by atoms with Crippen molar-refractivity contribution in [3.63, 3.8) is 0 Å². The first-order valence-electron chi connectivity index (χ1n) is 17.7. The van der Waals surface area contributed by atoms with Crippen molar-refractivity contribution >= 4 is 44.9 Å². The number of nitrogens with zero attached hydrogens (tertiary/aromatic N) is 1. The van der Waals surface area contributed by atoms with Crippen LogP contribution in [0.4, 0.5) is 0 Å². The molecular formula is C38H50N4O5S. The summed E-state index contributed by atoms with van der Waals surface area (Å²) in [5.41, 5.74) is 8.74. The highest BCUT2D eigenvalue weighted by Crippen LogP contribution is 2.34. The highest BCUT2D eigenvalue weighted by molar-refractivity contribution is 7.18. The molecule has 258 valence electrons. The zero-order chi connectivity index (χ0) is 34.0. The van der Waals surface area contributed by atoms with Crippen molar-refractivity contribution in [1.82, 2.24) is 15.6 Å². The molecule has 0 saturated heterocycles. The maximum absolute atomic E-state index is 14.2. The number of rotatable bonds is 17. The number of fused-ring (bicyclic) bond motifs is 2. The molecule has 0 radical (unpaired) electrons. The van der Waals surface area contributed by atoms with E-state index in [4.69, 9.17) is 15.5 Å². The van der Waals surface area contributed by atoms with Gasteiger partial charge in [0.15, 0.2) is 5.78 Å². The van der Waals surface area contributed by atoms with Gasteiger partial charge in [-0.2, -0.15) is 0 Å². The number of hydrogen-bond acceptors (Lipinski definition) is 8. The first-order valence-corrected chi connectivity index (χ1v) is 18.5. The van der Waals surface area contributed by atoms with Gasteiger partial charge in [-0.1, -0.05) is 50.5 Å². The third kappa shape index (κ3) is 9.29. The minimum atomic E-state index is -0.703. The molecule has 4 N–H and O–H groups in total. The number of ether oxygens (including phenoxy) is 1. The standard InChI is InChI=1S/C38H50N4O5S/c1-3-28(43)21-27(23-35-40-31-16-15-24(2)20-34(31)48-35)38(46)42-36(25-10-4-5-11-25)32(44)22-26(12-8-9-18-39)37(45)41-30-17-19-47-33-14-7-6-13-29(30)33/h6-7,13-16,20,25-27,30,36H,3-5,8-12,17-19,21-23,39H2,1-2H3,(H,41,45)(H,42,46)/t26-,27+,30-,36+/m1/s1. The first kappa shape index (κ1) is 35.7. The second-order valence-corrected chi connectivity index (χ2v) is 14.6. The van der Waals surface area contributed by atoms with Crippen molar-refractivity contribution in [3.05, 3.63) is 58.6 Å². The van der Waals surface area contributed by atoms with Crippen LogP contribution in [0.3, 0.4) is 0 Å². The molecule has 2 amide bonds. The number of ketones is 2. The van der Waals surface area contributed by atoms with E-state index in [0.717, 1.165) is 70.6 Å². The number of aromatic nitrogens is 1. The van der Waals surface area contributed by atoms with Gasteiger partial charge in [0, 0.05) is 43.6 Å². The van der Waals surface area contributed by atoms with Gasteiger partial charge < -0.3 is 21.1 Å². The van der Waals surface area contributed by atoms with Crippen LogP contribution in [0.5, 0.6) is 5.75 Å². The van der Waals surface area contributed by atoms with Crippen LogP contribution in [0, 0.1) is 24.7 Å². The summed E-state index contributed by atoms with van der Waals surface area (Å²) >= 11 is 1.54. The van der Waals surface area contributed by atoms with E-state index in [1.807, 2.05) is 43.3 Å². The van der Waals surface area contributed by atoms with E-state index in [2.05, 4.69) is 16.7 Å². The lowest BCUT2D eigenvalue weighted by atomic mass is 9.86. The second kappa shape index (κ2) is 17.2. The molecule has 1 saturated carbocycles. The summed E-state index contributed by atoms with van der Waals surface area (Å²) in [6.45, 7) is 4.86. The molecule has 3 aromatic rings. The van der Waals surface area contributed by atoms with Crippen molar-refractivity contribution in [3.8, 4) is 5.75 Å². The highest BCUT2D eigenvalue weighted by Gasteiger charge is 2.37. The summed E-state index contributed by atoms with van der Waals surface area (Å²) in [6.07, 6.45) is 7.17. The molecule has 1 aliphatic heterocycles. The largest absolute Gasteiger partial charge is 0.493 e. The molecule has 5 rings (SSSR count). The molecule has 1 aromatic heterocycles. The van der Waals surface area contributed by atoms with Gasteiger partial charge in [0.05, 0.1) is 39.8 Å². The number of benzene rings is 2. The summed E-state index contributed by atoms with van der Waals surface area (Å²) in [4.78, 5) is 59.4. The van der Waals surface area contributed by atoms with E-state index < -0.39 is 17.9 Å². The van der Waals surface area contributed by atoms with Crippen molar-refractivity contribution in [2.45, 2.75) is 103 Å². The predicted molar refractivity (Wildman–Crippen MR) is 189 cm³/mol. The number of aryl methyl sites for hydroxylation is 1. The fourth-order valence-corrected chi connectivity index (χ4v) is 8.24. The Hall–Kier alpha value is -3.63. The van der Waals surface area contributed by atoms with E-state index in [-0.39, 0.29) is 48.2 Å². The minimum Gasteiger partial charge on any atom is -0.493 e. The number of carbonyl (C=O) groups is 4.